The van der Waals surface area contributed by atoms with Gasteiger partial charge in [-0.25, -0.2) is 9.59 Å². The number of Topliss-reactive ketones (excluding diaryl/α,β-unsaturated/α-hetero) is 1. The zero-order valence-electron chi connectivity index (χ0n) is 21.1. The van der Waals surface area contributed by atoms with E-state index in [1.165, 1.54) is 17.8 Å². The van der Waals surface area contributed by atoms with Crippen LogP contribution in [0, 0.1) is 0 Å². The van der Waals surface area contributed by atoms with Crippen LogP contribution >= 0.6 is 11.8 Å². The SMILES string of the molecule is C=CC(=O)OCCNC(=O)COc1cc2c(cc1OCC(=O)NCCOC(=O)C=C)C(=O)C1=CC=CCC1S2. The Kier molecular flexibility index (Phi) is 10.9. The van der Waals surface area contributed by atoms with E-state index in [9.17, 15) is 24.0 Å². The van der Waals surface area contributed by atoms with Gasteiger partial charge in [0.25, 0.3) is 11.8 Å². The summed E-state index contributed by atoms with van der Waals surface area (Å²) < 4.78 is 21.0. The number of thioether (sulfide) groups is 1. The zero-order chi connectivity index (χ0) is 28.2. The summed E-state index contributed by atoms with van der Waals surface area (Å²) in [4.78, 5) is 60.4. The predicted octanol–water partition coefficient (Wildman–Crippen LogP) is 1.68. The summed E-state index contributed by atoms with van der Waals surface area (Å²) in [5.74, 6) is -2.05. The number of benzene rings is 1. The summed E-state index contributed by atoms with van der Waals surface area (Å²) in [7, 11) is 0. The summed E-state index contributed by atoms with van der Waals surface area (Å²) in [5, 5.41) is 5.06. The van der Waals surface area contributed by atoms with Crippen molar-refractivity contribution in [3.8, 4) is 11.5 Å². The molecule has 0 bridgehead atoms. The molecule has 1 heterocycles. The van der Waals surface area contributed by atoms with E-state index in [2.05, 4.69) is 23.8 Å². The molecule has 3 rings (SSSR count). The third-order valence-corrected chi connectivity index (χ3v) is 6.64. The van der Waals surface area contributed by atoms with Gasteiger partial charge in [-0.2, -0.15) is 0 Å². The molecular weight excluding hydrogens is 528 g/mol. The molecule has 0 saturated heterocycles. The van der Waals surface area contributed by atoms with Gasteiger partial charge in [-0.05, 0) is 18.6 Å². The van der Waals surface area contributed by atoms with Gasteiger partial charge in [-0.1, -0.05) is 31.4 Å². The molecule has 12 heteroatoms. The minimum absolute atomic E-state index is 0.0304. The number of hydrogen-bond donors (Lipinski definition) is 2. The lowest BCUT2D eigenvalue weighted by Crippen LogP contribution is -2.33. The summed E-state index contributed by atoms with van der Waals surface area (Å²) in [6, 6.07) is 3.12. The molecule has 0 saturated carbocycles. The quantitative estimate of drug-likeness (QED) is 0.197. The number of carbonyl (C=O) groups excluding carboxylic acids is 5. The molecule has 0 spiro atoms. The lowest BCUT2D eigenvalue weighted by Gasteiger charge is -2.27. The number of fused-ring (bicyclic) bond motifs is 2. The molecule has 11 nitrogen and oxygen atoms in total. The van der Waals surface area contributed by atoms with E-state index in [1.807, 2.05) is 12.2 Å². The minimum Gasteiger partial charge on any atom is -0.480 e. The highest BCUT2D eigenvalue weighted by Crippen LogP contribution is 2.45. The first kappa shape index (κ1) is 29.2. The van der Waals surface area contributed by atoms with Crippen molar-refractivity contribution in [1.82, 2.24) is 10.6 Å². The van der Waals surface area contributed by atoms with Gasteiger partial charge < -0.3 is 29.6 Å². The van der Waals surface area contributed by atoms with E-state index in [0.717, 1.165) is 12.2 Å². The number of nitrogens with one attached hydrogen (secondary N) is 2. The van der Waals surface area contributed by atoms with E-state index in [1.54, 1.807) is 12.1 Å². The van der Waals surface area contributed by atoms with Crippen molar-refractivity contribution >= 4 is 41.3 Å². The van der Waals surface area contributed by atoms with Gasteiger partial charge in [0, 0.05) is 33.4 Å². The average molecular weight is 557 g/mol. The Morgan fingerprint density at radius 1 is 0.923 bits per heavy atom. The van der Waals surface area contributed by atoms with Gasteiger partial charge in [0.15, 0.2) is 30.5 Å². The maximum Gasteiger partial charge on any atom is 0.330 e. The molecule has 2 amide bonds. The number of ether oxygens (including phenoxy) is 4. The molecule has 1 atom stereocenters. The topological polar surface area (TPSA) is 146 Å². The Hall–Kier alpha value is -4.32. The predicted molar refractivity (Wildman–Crippen MR) is 142 cm³/mol. The third-order valence-electron chi connectivity index (χ3n) is 5.32. The molecule has 0 radical (unpaired) electrons. The molecule has 39 heavy (non-hydrogen) atoms. The van der Waals surface area contributed by atoms with Crippen LogP contribution in [-0.4, -0.2) is 74.3 Å². The van der Waals surface area contributed by atoms with Crippen LogP contribution < -0.4 is 20.1 Å². The Morgan fingerprint density at radius 2 is 1.49 bits per heavy atom. The molecule has 1 aliphatic carbocycles. The fourth-order valence-electron chi connectivity index (χ4n) is 3.48. The summed E-state index contributed by atoms with van der Waals surface area (Å²) >= 11 is 1.50. The van der Waals surface area contributed by atoms with Crippen molar-refractivity contribution in [3.05, 3.63) is 66.8 Å². The van der Waals surface area contributed by atoms with Crippen LogP contribution in [0.3, 0.4) is 0 Å². The van der Waals surface area contributed by atoms with Crippen LogP contribution in [0.5, 0.6) is 11.5 Å². The zero-order valence-corrected chi connectivity index (χ0v) is 21.9. The normalized spacial score (nSPS) is 15.0. The fraction of sp³-hybridized carbons (Fsp3) is 0.296. The highest BCUT2D eigenvalue weighted by atomic mass is 32.2. The van der Waals surface area contributed by atoms with Crippen LogP contribution in [0.25, 0.3) is 0 Å². The van der Waals surface area contributed by atoms with Gasteiger partial charge in [0.1, 0.15) is 13.2 Å². The highest BCUT2D eigenvalue weighted by Gasteiger charge is 2.32. The molecule has 2 N–H and O–H groups in total. The minimum atomic E-state index is -0.605. The van der Waals surface area contributed by atoms with Gasteiger partial charge in [0.2, 0.25) is 0 Å². The van der Waals surface area contributed by atoms with E-state index in [4.69, 9.17) is 18.9 Å². The lowest BCUT2D eigenvalue weighted by atomic mass is 9.95. The number of rotatable bonds is 14. The van der Waals surface area contributed by atoms with Crippen molar-refractivity contribution < 1.29 is 42.9 Å². The van der Waals surface area contributed by atoms with Crippen molar-refractivity contribution in [3.63, 3.8) is 0 Å². The Balaban J connectivity index is 1.66. The molecule has 1 aliphatic heterocycles. The van der Waals surface area contributed by atoms with E-state index < -0.39 is 30.4 Å². The summed E-state index contributed by atoms with van der Waals surface area (Å²) in [5.41, 5.74) is 1.09. The maximum atomic E-state index is 13.1. The second-order valence-corrected chi connectivity index (χ2v) is 9.28. The Morgan fingerprint density at radius 3 is 2.05 bits per heavy atom. The van der Waals surface area contributed by atoms with Crippen molar-refractivity contribution in [2.75, 3.05) is 39.5 Å². The van der Waals surface area contributed by atoms with E-state index >= 15 is 0 Å². The third kappa shape index (κ3) is 8.60. The molecule has 1 aromatic carbocycles. The van der Waals surface area contributed by atoms with Crippen molar-refractivity contribution in [1.29, 1.82) is 0 Å². The summed E-state index contributed by atoms with van der Waals surface area (Å²) in [6.07, 6.45) is 8.37. The standard InChI is InChI=1S/C27H28N2O9S/c1-3-25(32)35-11-9-28-23(30)15-37-19-13-18-22(39-21-8-6-5-7-17(21)27(18)34)14-20(19)38-16-24(31)29-10-12-36-26(33)4-2/h3-7,13-14,21H,1-2,8-12,15-16H2,(H,28,30)(H,29,31). The van der Waals surface area contributed by atoms with Crippen LogP contribution in [0.4, 0.5) is 0 Å². The number of amides is 2. The molecule has 206 valence electrons. The summed E-state index contributed by atoms with van der Waals surface area (Å²) in [6.45, 7) is 5.84. The second-order valence-electron chi connectivity index (χ2n) is 8.04. The monoisotopic (exact) mass is 556 g/mol. The highest BCUT2D eigenvalue weighted by molar-refractivity contribution is 8.00. The molecule has 1 unspecified atom stereocenters. The first-order valence-corrected chi connectivity index (χ1v) is 12.8. The first-order chi connectivity index (χ1) is 18.8. The average Bonchev–Trinajstić information content (AvgIpc) is 2.95. The lowest BCUT2D eigenvalue weighted by molar-refractivity contribution is -0.138. The second kappa shape index (κ2) is 14.6. The fourth-order valence-corrected chi connectivity index (χ4v) is 4.76. The molecule has 0 aromatic heterocycles. The van der Waals surface area contributed by atoms with Gasteiger partial charge in [-0.3, -0.25) is 14.4 Å². The van der Waals surface area contributed by atoms with E-state index in [0.29, 0.717) is 22.5 Å². The van der Waals surface area contributed by atoms with Crippen molar-refractivity contribution in [2.45, 2.75) is 16.6 Å². The smallest absolute Gasteiger partial charge is 0.330 e. The first-order valence-electron chi connectivity index (χ1n) is 12.0. The number of hydrogen-bond acceptors (Lipinski definition) is 10. The Labute approximate surface area is 229 Å². The van der Waals surface area contributed by atoms with Crippen LogP contribution in [0.1, 0.15) is 16.8 Å². The molecule has 1 aromatic rings. The van der Waals surface area contributed by atoms with Crippen molar-refractivity contribution in [2.24, 2.45) is 0 Å². The maximum absolute atomic E-state index is 13.1. The van der Waals surface area contributed by atoms with Crippen LogP contribution in [0.15, 0.2) is 66.1 Å². The van der Waals surface area contributed by atoms with Crippen LogP contribution in [0.2, 0.25) is 0 Å². The van der Waals surface area contributed by atoms with Gasteiger partial charge >= 0.3 is 11.9 Å². The van der Waals surface area contributed by atoms with E-state index in [-0.39, 0.29) is 55.4 Å². The molecule has 2 aliphatic rings. The Bertz CT molecular complexity index is 1220. The van der Waals surface area contributed by atoms with Gasteiger partial charge in [-0.15, -0.1) is 11.8 Å². The molecule has 0 fully saturated rings. The largest absolute Gasteiger partial charge is 0.480 e. The number of allylic oxidation sites excluding steroid dienone is 3. The molecular formula is C27H28N2O9S. The number of ketones is 1. The van der Waals surface area contributed by atoms with Crippen LogP contribution in [-0.2, 0) is 28.7 Å². The number of carbonyl (C=O) groups is 5. The van der Waals surface area contributed by atoms with Gasteiger partial charge in [0.05, 0.1) is 13.1 Å². The number of esters is 2.